The molecule has 0 fully saturated rings. The van der Waals surface area contributed by atoms with Crippen LogP contribution in [0.15, 0.2) is 0 Å². The minimum Gasteiger partial charge on any atom is -0.549 e. The molecule has 0 aliphatic carbocycles. The van der Waals surface area contributed by atoms with Gasteiger partial charge in [-0.1, -0.05) is 142 Å². The summed E-state index contributed by atoms with van der Waals surface area (Å²) >= 11 is 0. The Balaban J connectivity index is -0.000000943. The normalized spacial score (nSPS) is 10.1. The van der Waals surface area contributed by atoms with Gasteiger partial charge in [-0.15, -0.1) is 0 Å². The van der Waals surface area contributed by atoms with Crippen LogP contribution in [0.25, 0.3) is 0 Å². The first-order valence-corrected chi connectivity index (χ1v) is 16.2. The van der Waals surface area contributed by atoms with Gasteiger partial charge in [0.2, 0.25) is 11.8 Å². The molecular formula is C32H60KN2NaO6. The summed E-state index contributed by atoms with van der Waals surface area (Å²) in [5, 5.41) is 20.2. The van der Waals surface area contributed by atoms with E-state index in [4.69, 9.17) is 9.90 Å². The van der Waals surface area contributed by atoms with Gasteiger partial charge in [-0.2, -0.15) is 0 Å². The maximum absolute atomic E-state index is 12.5. The number of hydrogen-bond donors (Lipinski definition) is 1. The van der Waals surface area contributed by atoms with Gasteiger partial charge in [0.15, 0.2) is 0 Å². The zero-order chi connectivity index (χ0) is 30.3. The molecule has 236 valence electrons. The standard InChI is InChI=1S/C30H57NO4.C2H5NO2.K.Na/c1-3-5-7-9-11-13-15-17-19-21-23-25-28(32)31(27-30(34)35)29(33)26-24-22-20-18-16-14-12-10-8-6-4-2;3-1-2(4)5;;/h3-27H2,1-2H3,(H,34,35);1,3H2,(H,4,5);;/q;;2*+1/p-2. The van der Waals surface area contributed by atoms with E-state index in [2.05, 4.69) is 19.6 Å². The number of unbranched alkanes of at least 4 members (excludes halogenated alkanes) is 20. The van der Waals surface area contributed by atoms with E-state index in [0.29, 0.717) is 12.8 Å². The monoisotopic (exact) mass is 630 g/mol. The zero-order valence-corrected chi connectivity index (χ0v) is 33.0. The molecule has 0 atom stereocenters. The Morgan fingerprint density at radius 1 is 0.500 bits per heavy atom. The topological polar surface area (TPSA) is 144 Å². The summed E-state index contributed by atoms with van der Waals surface area (Å²) in [5.74, 6) is -3.31. The number of rotatable bonds is 27. The van der Waals surface area contributed by atoms with Gasteiger partial charge in [-0.05, 0) is 12.8 Å². The van der Waals surface area contributed by atoms with E-state index >= 15 is 0 Å². The number of imide groups is 1. The predicted octanol–water partition coefficient (Wildman–Crippen LogP) is -0.803. The van der Waals surface area contributed by atoms with Crippen molar-refractivity contribution in [2.45, 2.75) is 168 Å². The third-order valence-electron chi connectivity index (χ3n) is 7.04. The third kappa shape index (κ3) is 38.7. The predicted molar refractivity (Wildman–Crippen MR) is 158 cm³/mol. The molecule has 0 spiro atoms. The van der Waals surface area contributed by atoms with Crippen molar-refractivity contribution in [1.82, 2.24) is 4.90 Å². The SMILES string of the molecule is CCCCCCCCCCCCCC(=O)N(CC(=O)[O-])C(=O)CCCCCCCCCCCCC.NCC(=O)[O-].[K+].[Na+]. The number of carbonyl (C=O) groups is 4. The molecule has 0 aliphatic heterocycles. The number of nitrogens with two attached hydrogens (primary N) is 1. The van der Waals surface area contributed by atoms with Crippen molar-refractivity contribution in [2.75, 3.05) is 13.1 Å². The van der Waals surface area contributed by atoms with Gasteiger partial charge >= 0.3 is 80.9 Å². The summed E-state index contributed by atoms with van der Waals surface area (Å²) in [7, 11) is 0. The number of hydrogen-bond acceptors (Lipinski definition) is 7. The van der Waals surface area contributed by atoms with Crippen molar-refractivity contribution < 1.29 is 110 Å². The number of aliphatic carboxylic acids is 2. The number of carbonyl (C=O) groups excluding carboxylic acids is 4. The van der Waals surface area contributed by atoms with Crippen LogP contribution in [0.5, 0.6) is 0 Å². The molecule has 0 unspecified atom stereocenters. The molecule has 0 rings (SSSR count). The molecule has 2 amide bonds. The fourth-order valence-corrected chi connectivity index (χ4v) is 4.60. The minimum absolute atomic E-state index is 0. The Kier molecular flexibility index (Phi) is 46.8. The van der Waals surface area contributed by atoms with Crippen molar-refractivity contribution in [3.05, 3.63) is 0 Å². The summed E-state index contributed by atoms with van der Waals surface area (Å²) in [4.78, 5) is 46.1. The van der Waals surface area contributed by atoms with Crippen molar-refractivity contribution in [3.63, 3.8) is 0 Å². The van der Waals surface area contributed by atoms with Gasteiger partial charge in [0.05, 0.1) is 18.5 Å². The summed E-state index contributed by atoms with van der Waals surface area (Å²) in [5.41, 5.74) is 4.51. The Labute approximate surface area is 322 Å². The van der Waals surface area contributed by atoms with Crippen molar-refractivity contribution in [3.8, 4) is 0 Å². The number of nitrogens with zero attached hydrogens (tertiary/aromatic N) is 1. The molecule has 0 aliphatic rings. The maximum Gasteiger partial charge on any atom is 1.00 e. The molecule has 2 N–H and O–H groups in total. The quantitative estimate of drug-likeness (QED) is 0.0925. The van der Waals surface area contributed by atoms with Crippen LogP contribution in [-0.4, -0.2) is 41.7 Å². The summed E-state index contributed by atoms with van der Waals surface area (Å²) in [6, 6.07) is 0. The Bertz CT molecular complexity index is 602. The van der Waals surface area contributed by atoms with Gasteiger partial charge < -0.3 is 25.5 Å². The molecule has 42 heavy (non-hydrogen) atoms. The molecule has 0 heterocycles. The van der Waals surface area contributed by atoms with E-state index < -0.39 is 18.5 Å². The summed E-state index contributed by atoms with van der Waals surface area (Å²) < 4.78 is 0. The second-order valence-corrected chi connectivity index (χ2v) is 10.9. The summed E-state index contributed by atoms with van der Waals surface area (Å²) in [6.07, 6.45) is 26.7. The van der Waals surface area contributed by atoms with E-state index in [-0.39, 0.29) is 112 Å². The molecule has 0 bridgehead atoms. The van der Waals surface area contributed by atoms with Crippen LogP contribution < -0.4 is 96.9 Å². The zero-order valence-electron chi connectivity index (χ0n) is 27.9. The average molecular weight is 631 g/mol. The van der Waals surface area contributed by atoms with E-state index in [1.807, 2.05) is 0 Å². The number of carboxylic acid groups (broad SMARTS) is 2. The van der Waals surface area contributed by atoms with Crippen LogP contribution in [0.1, 0.15) is 168 Å². The average Bonchev–Trinajstić information content (AvgIpc) is 2.93. The van der Waals surface area contributed by atoms with Gasteiger partial charge in [0.1, 0.15) is 0 Å². The van der Waals surface area contributed by atoms with E-state index in [1.165, 1.54) is 103 Å². The van der Waals surface area contributed by atoms with E-state index in [9.17, 15) is 19.5 Å². The van der Waals surface area contributed by atoms with Crippen LogP contribution in [0, 0.1) is 0 Å². The Hall–Kier alpha value is 0.676. The van der Waals surface area contributed by atoms with E-state index in [1.54, 1.807) is 0 Å². The van der Waals surface area contributed by atoms with Gasteiger partial charge in [0.25, 0.3) is 0 Å². The second-order valence-electron chi connectivity index (χ2n) is 10.9. The van der Waals surface area contributed by atoms with Gasteiger partial charge in [0, 0.05) is 19.4 Å². The van der Waals surface area contributed by atoms with Crippen LogP contribution >= 0.6 is 0 Å². The molecule has 0 aromatic heterocycles. The first kappa shape index (κ1) is 49.6. The Morgan fingerprint density at radius 2 is 0.738 bits per heavy atom. The molecule has 0 saturated carbocycles. The first-order valence-electron chi connectivity index (χ1n) is 16.2. The number of carboxylic acids is 2. The summed E-state index contributed by atoms with van der Waals surface area (Å²) in [6.45, 7) is 3.46. The first-order chi connectivity index (χ1) is 19.3. The smallest absolute Gasteiger partial charge is 0.549 e. The number of amides is 2. The molecular weight excluding hydrogens is 570 g/mol. The van der Waals surface area contributed by atoms with Crippen molar-refractivity contribution >= 4 is 23.8 Å². The fraction of sp³-hybridized carbons (Fsp3) is 0.875. The minimum atomic E-state index is -1.37. The largest absolute Gasteiger partial charge is 1.00 e. The third-order valence-corrected chi connectivity index (χ3v) is 7.04. The van der Waals surface area contributed by atoms with Crippen LogP contribution in [0.3, 0.4) is 0 Å². The van der Waals surface area contributed by atoms with Crippen LogP contribution in [0.2, 0.25) is 0 Å². The molecule has 8 nitrogen and oxygen atoms in total. The molecule has 0 aromatic rings. The van der Waals surface area contributed by atoms with Gasteiger partial charge in [-0.25, -0.2) is 0 Å². The molecule has 0 radical (unpaired) electrons. The molecule has 10 heteroatoms. The molecule has 0 aromatic carbocycles. The Morgan fingerprint density at radius 3 is 0.952 bits per heavy atom. The van der Waals surface area contributed by atoms with Crippen molar-refractivity contribution in [2.24, 2.45) is 5.73 Å². The van der Waals surface area contributed by atoms with Crippen LogP contribution in [0.4, 0.5) is 0 Å². The van der Waals surface area contributed by atoms with Crippen molar-refractivity contribution in [1.29, 1.82) is 0 Å². The van der Waals surface area contributed by atoms with Crippen LogP contribution in [-0.2, 0) is 19.2 Å². The fourth-order valence-electron chi connectivity index (χ4n) is 4.60. The molecule has 0 saturated heterocycles. The second kappa shape index (κ2) is 39.7. The van der Waals surface area contributed by atoms with E-state index in [0.717, 1.165) is 30.6 Å². The maximum atomic E-state index is 12.5. The van der Waals surface area contributed by atoms with Gasteiger partial charge in [-0.3, -0.25) is 14.5 Å².